The maximum absolute atomic E-state index is 12.5. The standard InChI is InChI=1S/C30H49N5O6/c1-6-7-8-9-10-11-12-13-14-15-16-20-26(36)31-21(2)27(37)32-22(3)28(38)33-23(4)29(39)35-25-19-17-18-24(34-25)30(40)41-5/h17-19,21-23H,6-16,20H2,1-5H3,(H,31,36)(H,32,37)(H,33,38)(H,34,35,39)/t21-,22+,23-/m0/s1. The highest BCUT2D eigenvalue weighted by molar-refractivity contribution is 5.98. The lowest BCUT2D eigenvalue weighted by Gasteiger charge is -2.20. The van der Waals surface area contributed by atoms with E-state index >= 15 is 0 Å². The topological polar surface area (TPSA) is 156 Å². The smallest absolute Gasteiger partial charge is 0.356 e. The number of esters is 1. The Hall–Kier alpha value is -3.50. The summed E-state index contributed by atoms with van der Waals surface area (Å²) in [5, 5.41) is 10.3. The average Bonchev–Trinajstić information content (AvgIpc) is 2.95. The third kappa shape index (κ3) is 15.2. The van der Waals surface area contributed by atoms with Gasteiger partial charge in [0.1, 0.15) is 23.9 Å². The van der Waals surface area contributed by atoms with Gasteiger partial charge < -0.3 is 26.0 Å². The van der Waals surface area contributed by atoms with Gasteiger partial charge in [-0.25, -0.2) is 9.78 Å². The molecule has 0 saturated carbocycles. The zero-order chi connectivity index (χ0) is 30.6. The van der Waals surface area contributed by atoms with Gasteiger partial charge in [-0.3, -0.25) is 19.2 Å². The van der Waals surface area contributed by atoms with Crippen LogP contribution < -0.4 is 21.3 Å². The summed E-state index contributed by atoms with van der Waals surface area (Å²) < 4.78 is 4.61. The first-order valence-electron chi connectivity index (χ1n) is 14.8. The minimum absolute atomic E-state index is 0.0262. The molecule has 0 unspecified atom stereocenters. The number of rotatable bonds is 20. The van der Waals surface area contributed by atoms with E-state index in [-0.39, 0.29) is 17.4 Å². The molecular formula is C30H49N5O6. The predicted octanol–water partition coefficient (Wildman–Crippen LogP) is 4.02. The van der Waals surface area contributed by atoms with E-state index in [2.05, 4.69) is 37.9 Å². The van der Waals surface area contributed by atoms with E-state index in [1.54, 1.807) is 6.92 Å². The van der Waals surface area contributed by atoms with E-state index in [4.69, 9.17) is 0 Å². The molecule has 1 aromatic rings. The summed E-state index contributed by atoms with van der Waals surface area (Å²) in [5.74, 6) is -2.35. The molecule has 4 amide bonds. The van der Waals surface area contributed by atoms with Crippen LogP contribution in [0.2, 0.25) is 0 Å². The Morgan fingerprint density at radius 3 is 1.73 bits per heavy atom. The van der Waals surface area contributed by atoms with Crippen molar-refractivity contribution in [3.8, 4) is 0 Å². The van der Waals surface area contributed by atoms with Crippen molar-refractivity contribution in [2.75, 3.05) is 12.4 Å². The number of ether oxygens (including phenoxy) is 1. The second-order valence-corrected chi connectivity index (χ2v) is 10.4. The number of anilines is 1. The van der Waals surface area contributed by atoms with Crippen molar-refractivity contribution in [3.05, 3.63) is 23.9 Å². The highest BCUT2D eigenvalue weighted by Gasteiger charge is 2.24. The first-order valence-corrected chi connectivity index (χ1v) is 14.8. The zero-order valence-electron chi connectivity index (χ0n) is 25.3. The lowest BCUT2D eigenvalue weighted by molar-refractivity contribution is -0.132. The third-order valence-corrected chi connectivity index (χ3v) is 6.68. The number of carbonyl (C=O) groups excluding carboxylic acids is 5. The van der Waals surface area contributed by atoms with Crippen LogP contribution in [0.4, 0.5) is 5.82 Å². The van der Waals surface area contributed by atoms with Crippen LogP contribution in [-0.2, 0) is 23.9 Å². The minimum Gasteiger partial charge on any atom is -0.464 e. The van der Waals surface area contributed by atoms with Crippen LogP contribution in [0.25, 0.3) is 0 Å². The van der Waals surface area contributed by atoms with Gasteiger partial charge in [0.25, 0.3) is 0 Å². The number of hydrogen-bond acceptors (Lipinski definition) is 7. The zero-order valence-corrected chi connectivity index (χ0v) is 25.3. The second-order valence-electron chi connectivity index (χ2n) is 10.4. The Bertz CT molecular complexity index is 986. The molecule has 1 aromatic heterocycles. The first kappa shape index (κ1) is 35.5. The summed E-state index contributed by atoms with van der Waals surface area (Å²) in [6.07, 6.45) is 13.5. The molecule has 41 heavy (non-hydrogen) atoms. The molecule has 0 bridgehead atoms. The lowest BCUT2D eigenvalue weighted by Crippen LogP contribution is -2.54. The van der Waals surface area contributed by atoms with Gasteiger partial charge >= 0.3 is 5.97 Å². The molecule has 0 radical (unpaired) electrons. The van der Waals surface area contributed by atoms with Crippen LogP contribution in [0, 0.1) is 0 Å². The normalized spacial score (nSPS) is 12.9. The number of nitrogens with zero attached hydrogens (tertiary/aromatic N) is 1. The van der Waals surface area contributed by atoms with Crippen molar-refractivity contribution in [1.82, 2.24) is 20.9 Å². The average molecular weight is 576 g/mol. The predicted molar refractivity (Wildman–Crippen MR) is 158 cm³/mol. The number of amides is 4. The Morgan fingerprint density at radius 1 is 0.707 bits per heavy atom. The highest BCUT2D eigenvalue weighted by atomic mass is 16.5. The number of nitrogens with one attached hydrogen (secondary N) is 4. The molecule has 4 N–H and O–H groups in total. The van der Waals surface area contributed by atoms with E-state index in [1.165, 1.54) is 90.5 Å². The van der Waals surface area contributed by atoms with Crippen LogP contribution in [-0.4, -0.2) is 59.8 Å². The minimum atomic E-state index is -0.951. The van der Waals surface area contributed by atoms with Crippen LogP contribution in [0.1, 0.15) is 115 Å². The Balaban J connectivity index is 2.29. The molecule has 11 nitrogen and oxygen atoms in total. The van der Waals surface area contributed by atoms with Gasteiger partial charge in [-0.2, -0.15) is 0 Å². The van der Waals surface area contributed by atoms with Gasteiger partial charge in [0.15, 0.2) is 5.69 Å². The van der Waals surface area contributed by atoms with Crippen LogP contribution in [0.5, 0.6) is 0 Å². The maximum atomic E-state index is 12.5. The molecule has 230 valence electrons. The van der Waals surface area contributed by atoms with Gasteiger partial charge in [0, 0.05) is 6.42 Å². The third-order valence-electron chi connectivity index (χ3n) is 6.68. The van der Waals surface area contributed by atoms with Crippen LogP contribution in [0.3, 0.4) is 0 Å². The summed E-state index contributed by atoms with van der Waals surface area (Å²) in [6.45, 7) is 6.74. The molecule has 0 aliphatic rings. The number of hydrogen-bond donors (Lipinski definition) is 4. The Labute approximate surface area is 244 Å². The molecule has 0 aromatic carbocycles. The van der Waals surface area contributed by atoms with Crippen LogP contribution in [0.15, 0.2) is 18.2 Å². The van der Waals surface area contributed by atoms with E-state index in [1.807, 2.05) is 0 Å². The summed E-state index contributed by atoms with van der Waals surface area (Å²) >= 11 is 0. The van der Waals surface area contributed by atoms with Crippen molar-refractivity contribution in [2.24, 2.45) is 0 Å². The number of aromatic nitrogens is 1. The monoisotopic (exact) mass is 575 g/mol. The molecule has 0 saturated heterocycles. The van der Waals surface area contributed by atoms with Crippen molar-refractivity contribution in [3.63, 3.8) is 0 Å². The number of pyridine rings is 1. The highest BCUT2D eigenvalue weighted by Crippen LogP contribution is 2.12. The summed E-state index contributed by atoms with van der Waals surface area (Å²) in [6, 6.07) is 1.78. The van der Waals surface area contributed by atoms with Gasteiger partial charge in [0.05, 0.1) is 7.11 Å². The van der Waals surface area contributed by atoms with E-state index in [0.29, 0.717) is 6.42 Å². The summed E-state index contributed by atoms with van der Waals surface area (Å²) in [4.78, 5) is 65.4. The Morgan fingerprint density at radius 2 is 1.20 bits per heavy atom. The quantitative estimate of drug-likeness (QED) is 0.135. The molecular weight excluding hydrogens is 526 g/mol. The fourth-order valence-electron chi connectivity index (χ4n) is 4.09. The largest absolute Gasteiger partial charge is 0.464 e. The fourth-order valence-corrected chi connectivity index (χ4v) is 4.09. The summed E-state index contributed by atoms with van der Waals surface area (Å²) in [5.41, 5.74) is 0.0262. The van der Waals surface area contributed by atoms with Crippen molar-refractivity contribution in [2.45, 2.75) is 123 Å². The number of carbonyl (C=O) groups is 5. The van der Waals surface area contributed by atoms with Gasteiger partial charge in [0.2, 0.25) is 23.6 Å². The lowest BCUT2D eigenvalue weighted by atomic mass is 10.1. The van der Waals surface area contributed by atoms with E-state index in [9.17, 15) is 24.0 Å². The van der Waals surface area contributed by atoms with Gasteiger partial charge in [-0.1, -0.05) is 77.2 Å². The van der Waals surface area contributed by atoms with Gasteiger partial charge in [-0.05, 0) is 39.3 Å². The second kappa shape index (κ2) is 20.4. The molecule has 3 atom stereocenters. The number of unbranched alkanes of at least 4 members (excludes halogenated alkanes) is 10. The van der Waals surface area contributed by atoms with Crippen LogP contribution >= 0.6 is 0 Å². The first-order chi connectivity index (χ1) is 19.6. The van der Waals surface area contributed by atoms with Crippen molar-refractivity contribution < 1.29 is 28.7 Å². The van der Waals surface area contributed by atoms with Gasteiger partial charge in [-0.15, -0.1) is 0 Å². The fraction of sp³-hybridized carbons (Fsp3) is 0.667. The van der Waals surface area contributed by atoms with Crippen molar-refractivity contribution in [1.29, 1.82) is 0 Å². The summed E-state index contributed by atoms with van der Waals surface area (Å²) in [7, 11) is 1.22. The van der Waals surface area contributed by atoms with E-state index in [0.717, 1.165) is 19.3 Å². The SMILES string of the molecule is CCCCCCCCCCCCCC(=O)N[C@@H](C)C(=O)N[C@H](C)C(=O)N[C@@H](C)C(=O)Nc1cccc(C(=O)OC)n1. The molecule has 1 heterocycles. The van der Waals surface area contributed by atoms with E-state index < -0.39 is 41.8 Å². The number of methoxy groups -OCH3 is 1. The maximum Gasteiger partial charge on any atom is 0.356 e. The molecule has 1 rings (SSSR count). The molecule has 0 spiro atoms. The molecule has 0 aliphatic carbocycles. The molecule has 0 aliphatic heterocycles. The molecule has 11 heteroatoms. The Kier molecular flexibility index (Phi) is 17.7. The molecule has 0 fully saturated rings. The van der Waals surface area contributed by atoms with Crippen molar-refractivity contribution >= 4 is 35.4 Å².